The van der Waals surface area contributed by atoms with Crippen LogP contribution in [0.4, 0.5) is 4.39 Å². The van der Waals surface area contributed by atoms with Crippen LogP contribution >= 0.6 is 0 Å². The van der Waals surface area contributed by atoms with Gasteiger partial charge in [0, 0.05) is 6.61 Å². The van der Waals surface area contributed by atoms with Gasteiger partial charge in [0.25, 0.3) is 0 Å². The van der Waals surface area contributed by atoms with Crippen LogP contribution < -0.4 is 5.32 Å². The highest BCUT2D eigenvalue weighted by Gasteiger charge is 2.61. The van der Waals surface area contributed by atoms with Crippen LogP contribution in [0.5, 0.6) is 0 Å². The van der Waals surface area contributed by atoms with E-state index in [2.05, 4.69) is 5.32 Å². The highest BCUT2D eigenvalue weighted by atomic mass is 19.1. The third kappa shape index (κ3) is 1.99. The quantitative estimate of drug-likeness (QED) is 0.905. The van der Waals surface area contributed by atoms with Crippen molar-refractivity contribution in [2.75, 3.05) is 6.61 Å². The maximum Gasteiger partial charge on any atom is 0.244 e. The van der Waals surface area contributed by atoms with E-state index in [0.29, 0.717) is 6.61 Å². The highest BCUT2D eigenvalue weighted by Crippen LogP contribution is 2.47. The first-order valence-electron chi connectivity index (χ1n) is 7.58. The van der Waals surface area contributed by atoms with Gasteiger partial charge < -0.3 is 9.64 Å². The van der Waals surface area contributed by atoms with Gasteiger partial charge in [-0.05, 0) is 43.9 Å². The number of carbonyl (C=O) groups is 1. The number of hydrogen-bond acceptors (Lipinski definition) is 3. The van der Waals surface area contributed by atoms with Crippen LogP contribution in [0, 0.1) is 5.82 Å². The van der Waals surface area contributed by atoms with Crippen molar-refractivity contribution in [3.05, 3.63) is 35.6 Å². The van der Waals surface area contributed by atoms with E-state index in [4.69, 9.17) is 4.74 Å². The molecule has 3 aliphatic rings. The molecule has 3 atom stereocenters. The number of nitrogens with one attached hydrogen (secondary N) is 1. The minimum Gasteiger partial charge on any atom is -0.376 e. The number of halogens is 1. The van der Waals surface area contributed by atoms with Crippen molar-refractivity contribution in [3.8, 4) is 0 Å². The van der Waals surface area contributed by atoms with Gasteiger partial charge in [0.05, 0.1) is 12.1 Å². The zero-order valence-electron chi connectivity index (χ0n) is 12.0. The van der Waals surface area contributed by atoms with Gasteiger partial charge in [-0.3, -0.25) is 10.1 Å². The highest BCUT2D eigenvalue weighted by molar-refractivity contribution is 5.92. The number of amides is 1. The molecule has 0 bridgehead atoms. The molecule has 3 unspecified atom stereocenters. The topological polar surface area (TPSA) is 41.6 Å². The zero-order chi connectivity index (χ0) is 14.6. The molecular formula is C16H19FN2O2. The summed E-state index contributed by atoms with van der Waals surface area (Å²) in [6.07, 6.45) is 2.52. The van der Waals surface area contributed by atoms with Gasteiger partial charge in [-0.25, -0.2) is 4.39 Å². The van der Waals surface area contributed by atoms with Gasteiger partial charge in [0.15, 0.2) is 0 Å². The van der Waals surface area contributed by atoms with Crippen LogP contribution in [0.25, 0.3) is 0 Å². The molecule has 4 nitrogen and oxygen atoms in total. The van der Waals surface area contributed by atoms with Crippen molar-refractivity contribution in [3.63, 3.8) is 0 Å². The molecule has 21 heavy (non-hydrogen) atoms. The minimum atomic E-state index is -0.374. The fraction of sp³-hybridized carbons (Fsp3) is 0.562. The lowest BCUT2D eigenvalue weighted by Gasteiger charge is -2.32. The van der Waals surface area contributed by atoms with E-state index in [1.54, 1.807) is 12.1 Å². The van der Waals surface area contributed by atoms with E-state index in [-0.39, 0.29) is 35.6 Å². The van der Waals surface area contributed by atoms with Crippen molar-refractivity contribution in [2.24, 2.45) is 0 Å². The fourth-order valence-electron chi connectivity index (χ4n) is 3.56. The molecule has 0 radical (unpaired) electrons. The number of carbonyl (C=O) groups excluding carboxylic acids is 1. The van der Waals surface area contributed by atoms with Crippen LogP contribution in [-0.4, -0.2) is 35.1 Å². The Kier molecular flexibility index (Phi) is 2.84. The van der Waals surface area contributed by atoms with Crippen LogP contribution in [0.2, 0.25) is 0 Å². The summed E-state index contributed by atoms with van der Waals surface area (Å²) in [6.45, 7) is 2.71. The molecule has 112 valence electrons. The van der Waals surface area contributed by atoms with Crippen molar-refractivity contribution in [1.82, 2.24) is 10.2 Å². The molecule has 2 aliphatic heterocycles. The van der Waals surface area contributed by atoms with E-state index < -0.39 is 0 Å². The number of hydrogen-bond donors (Lipinski definition) is 1. The summed E-state index contributed by atoms with van der Waals surface area (Å²) < 4.78 is 18.8. The third-order valence-electron chi connectivity index (χ3n) is 4.96. The minimum absolute atomic E-state index is 0.0487. The summed E-state index contributed by atoms with van der Waals surface area (Å²) in [7, 11) is 0. The van der Waals surface area contributed by atoms with E-state index in [1.165, 1.54) is 12.1 Å². The van der Waals surface area contributed by atoms with E-state index in [9.17, 15) is 9.18 Å². The molecular weight excluding hydrogens is 271 g/mol. The summed E-state index contributed by atoms with van der Waals surface area (Å²) >= 11 is 0. The number of benzene rings is 1. The molecule has 1 N–H and O–H groups in total. The molecule has 1 aliphatic carbocycles. The first-order valence-corrected chi connectivity index (χ1v) is 7.58. The molecule has 2 heterocycles. The van der Waals surface area contributed by atoms with Crippen molar-refractivity contribution < 1.29 is 13.9 Å². The van der Waals surface area contributed by atoms with Gasteiger partial charge in [0.1, 0.15) is 17.5 Å². The number of ether oxygens (including phenoxy) is 1. The smallest absolute Gasteiger partial charge is 0.244 e. The fourth-order valence-corrected chi connectivity index (χ4v) is 3.56. The Morgan fingerprint density at radius 2 is 2.05 bits per heavy atom. The van der Waals surface area contributed by atoms with Crippen molar-refractivity contribution in [1.29, 1.82) is 0 Å². The van der Waals surface area contributed by atoms with Crippen molar-refractivity contribution in [2.45, 2.75) is 50.0 Å². The Bertz CT molecular complexity index is 570. The predicted molar refractivity (Wildman–Crippen MR) is 74.9 cm³/mol. The first-order chi connectivity index (χ1) is 10.1. The van der Waals surface area contributed by atoms with E-state index >= 15 is 0 Å². The van der Waals surface area contributed by atoms with E-state index in [0.717, 1.165) is 24.8 Å². The summed E-state index contributed by atoms with van der Waals surface area (Å²) in [5.41, 5.74) is 0.564. The Balaban J connectivity index is 1.70. The molecule has 1 amide bonds. The van der Waals surface area contributed by atoms with Crippen LogP contribution in [0.15, 0.2) is 24.3 Å². The van der Waals surface area contributed by atoms with Gasteiger partial charge in [-0.1, -0.05) is 12.1 Å². The Labute approximate surface area is 123 Å². The lowest BCUT2D eigenvalue weighted by molar-refractivity contribution is -0.134. The summed E-state index contributed by atoms with van der Waals surface area (Å²) in [6, 6.07) is 6.52. The third-order valence-corrected chi connectivity index (χ3v) is 4.96. The summed E-state index contributed by atoms with van der Waals surface area (Å²) in [5, 5.41) is 3.47. The standard InChI is InChI=1S/C16H19FN2O2/c1-10-13(6-9-21-10)19-14(11-2-4-12(17)5-3-11)18-16(7-8-16)15(19)20/h2-5,10,13-14,18H,6-9H2,1H3. The van der Waals surface area contributed by atoms with Gasteiger partial charge in [-0.2, -0.15) is 0 Å². The van der Waals surface area contributed by atoms with Crippen LogP contribution in [0.1, 0.15) is 37.9 Å². The lowest BCUT2D eigenvalue weighted by Crippen LogP contribution is -2.44. The zero-order valence-corrected chi connectivity index (χ0v) is 12.0. The van der Waals surface area contributed by atoms with Gasteiger partial charge in [0.2, 0.25) is 5.91 Å². The first kappa shape index (κ1) is 13.2. The predicted octanol–water partition coefficient (Wildman–Crippen LogP) is 1.97. The molecule has 1 saturated carbocycles. The maximum absolute atomic E-state index is 13.2. The Morgan fingerprint density at radius 3 is 2.62 bits per heavy atom. The SMILES string of the molecule is CC1OCCC1N1C(=O)C2(CC2)NC1c1ccc(F)cc1. The second-order valence-electron chi connectivity index (χ2n) is 6.32. The number of rotatable bonds is 2. The van der Waals surface area contributed by atoms with Crippen LogP contribution in [0.3, 0.4) is 0 Å². The number of nitrogens with zero attached hydrogens (tertiary/aromatic N) is 1. The maximum atomic E-state index is 13.2. The van der Waals surface area contributed by atoms with E-state index in [1.807, 2.05) is 11.8 Å². The monoisotopic (exact) mass is 290 g/mol. The molecule has 2 saturated heterocycles. The molecule has 1 aromatic carbocycles. The average Bonchev–Trinajstić information content (AvgIpc) is 3.06. The second kappa shape index (κ2) is 4.52. The molecule has 1 aromatic rings. The lowest BCUT2D eigenvalue weighted by atomic mass is 10.1. The molecule has 4 rings (SSSR count). The molecule has 5 heteroatoms. The molecule has 1 spiro atoms. The van der Waals surface area contributed by atoms with Gasteiger partial charge >= 0.3 is 0 Å². The second-order valence-corrected chi connectivity index (χ2v) is 6.32. The molecule has 0 aromatic heterocycles. The van der Waals surface area contributed by atoms with Gasteiger partial charge in [-0.15, -0.1) is 0 Å². The average molecular weight is 290 g/mol. The Hall–Kier alpha value is -1.46. The van der Waals surface area contributed by atoms with Crippen molar-refractivity contribution >= 4 is 5.91 Å². The molecule has 3 fully saturated rings. The summed E-state index contributed by atoms with van der Waals surface area (Å²) in [5.74, 6) is -0.0764. The van der Waals surface area contributed by atoms with Crippen LogP contribution in [-0.2, 0) is 9.53 Å². The largest absolute Gasteiger partial charge is 0.376 e. The Morgan fingerprint density at radius 1 is 1.33 bits per heavy atom. The summed E-state index contributed by atoms with van der Waals surface area (Å²) in [4.78, 5) is 14.7. The normalized spacial score (nSPS) is 33.9.